The van der Waals surface area contributed by atoms with Gasteiger partial charge in [0, 0.05) is 13.0 Å². The van der Waals surface area contributed by atoms with Crippen LogP contribution in [-0.4, -0.2) is 97.5 Å². The Morgan fingerprint density at radius 3 is 1.42 bits per heavy atom. The monoisotopic (exact) mass is 1030 g/mol. The summed E-state index contributed by atoms with van der Waals surface area (Å²) in [6.07, 6.45) is 57.5. The van der Waals surface area contributed by atoms with Gasteiger partial charge in [-0.15, -0.1) is 0 Å². The lowest BCUT2D eigenvalue weighted by Crippen LogP contribution is -2.60. The Morgan fingerprint density at radius 2 is 0.958 bits per heavy atom. The first-order chi connectivity index (χ1) is 35.1. The summed E-state index contributed by atoms with van der Waals surface area (Å²) in [6, 6.07) is 0. The molecule has 1 aliphatic heterocycles. The van der Waals surface area contributed by atoms with Gasteiger partial charge in [0.1, 0.15) is 30.5 Å². The Hall–Kier alpha value is -2.72. The van der Waals surface area contributed by atoms with Crippen molar-refractivity contribution in [1.82, 2.24) is 0 Å². The average molecular weight is 1040 g/mol. The number of ether oxygens (including phenoxy) is 4. The second-order valence-electron chi connectivity index (χ2n) is 19.1. The van der Waals surface area contributed by atoms with E-state index in [0.717, 1.165) is 96.3 Å². The number of carbonyl (C=O) groups is 1. The molecule has 1 saturated heterocycles. The number of carbonyl (C=O) groups excluding carboxylic acids is 1. The van der Waals surface area contributed by atoms with E-state index >= 15 is 0 Å². The molecule has 0 bridgehead atoms. The largest absolute Gasteiger partial charge is 0.457 e. The van der Waals surface area contributed by atoms with Crippen molar-refractivity contribution in [2.24, 2.45) is 0 Å². The van der Waals surface area contributed by atoms with E-state index in [9.17, 15) is 33.1 Å². The molecule has 0 aromatic rings. The maximum atomic E-state index is 13.0. The molecule has 0 saturated carbocycles. The predicted molar refractivity (Wildman–Crippen MR) is 294 cm³/mol. The third-order valence-electron chi connectivity index (χ3n) is 12.5. The summed E-state index contributed by atoms with van der Waals surface area (Å²) in [7, 11) is -5.07. The second-order valence-corrected chi connectivity index (χ2v) is 20.2. The molecule has 1 rings (SSSR count). The number of hydrogen-bond acceptors (Lipinski definition) is 11. The lowest BCUT2D eigenvalue weighted by atomic mass is 9.99. The molecule has 1 heterocycles. The number of esters is 1. The number of allylic oxidation sites excluding steroid dienone is 14. The maximum Gasteiger partial charge on any atom is 0.397 e. The van der Waals surface area contributed by atoms with Gasteiger partial charge in [0.15, 0.2) is 6.29 Å². The topological polar surface area (TPSA) is 178 Å². The lowest BCUT2D eigenvalue weighted by molar-refractivity contribution is -0.301. The highest BCUT2D eigenvalue weighted by Gasteiger charge is 2.48. The zero-order chi connectivity index (χ0) is 52.4. The maximum absolute atomic E-state index is 13.0. The van der Waals surface area contributed by atoms with Crippen molar-refractivity contribution >= 4 is 16.4 Å². The summed E-state index contributed by atoms with van der Waals surface area (Å²) in [4.78, 5) is 13.0. The Bertz CT molecular complexity index is 1570. The molecule has 0 aromatic heterocycles. The average Bonchev–Trinajstić information content (AvgIpc) is 3.36. The van der Waals surface area contributed by atoms with Crippen molar-refractivity contribution in [1.29, 1.82) is 0 Å². The van der Waals surface area contributed by atoms with E-state index in [2.05, 4.69) is 103 Å². The SMILES string of the molecule is CC/C=C\C/C=C\C/C=C\C/C=C\C/C=C\C/C=C\CCCCCCCCC(=O)OC(COCCCCCCCCCCCC/C=C\CCCCCCCC)COC1OC(CO)C(O)C(OS(=O)(=O)O)C1O. The lowest BCUT2D eigenvalue weighted by Gasteiger charge is -2.41. The minimum atomic E-state index is -5.07. The van der Waals surface area contributed by atoms with Gasteiger partial charge in [0.25, 0.3) is 0 Å². The van der Waals surface area contributed by atoms with Gasteiger partial charge >= 0.3 is 16.4 Å². The minimum absolute atomic E-state index is 0.0250. The normalized spacial score (nSPS) is 19.6. The fraction of sp³-hybridized carbons (Fsp3) is 0.746. The van der Waals surface area contributed by atoms with E-state index in [-0.39, 0.29) is 19.6 Å². The first-order valence-electron chi connectivity index (χ1n) is 28.3. The summed E-state index contributed by atoms with van der Waals surface area (Å²) >= 11 is 0. The van der Waals surface area contributed by atoms with Gasteiger partial charge in [0.2, 0.25) is 0 Å². The minimum Gasteiger partial charge on any atom is -0.457 e. The highest BCUT2D eigenvalue weighted by atomic mass is 32.3. The number of unbranched alkanes of at least 4 members (excludes halogenated alkanes) is 22. The van der Waals surface area contributed by atoms with Gasteiger partial charge < -0.3 is 34.3 Å². The molecule has 13 heteroatoms. The zero-order valence-corrected chi connectivity index (χ0v) is 45.8. The Morgan fingerprint density at radius 1 is 0.542 bits per heavy atom. The molecule has 0 aromatic carbocycles. The molecule has 1 fully saturated rings. The molecule has 416 valence electrons. The summed E-state index contributed by atoms with van der Waals surface area (Å²) in [5.74, 6) is -0.415. The van der Waals surface area contributed by atoms with E-state index in [1.807, 2.05) is 0 Å². The molecule has 6 atom stereocenters. The molecule has 12 nitrogen and oxygen atoms in total. The van der Waals surface area contributed by atoms with Crippen LogP contribution in [0.3, 0.4) is 0 Å². The van der Waals surface area contributed by atoms with Crippen LogP contribution in [0.15, 0.2) is 85.1 Å². The molecule has 4 N–H and O–H groups in total. The second kappa shape index (κ2) is 49.2. The molecule has 72 heavy (non-hydrogen) atoms. The van der Waals surface area contributed by atoms with Crippen molar-refractivity contribution in [3.8, 4) is 0 Å². The van der Waals surface area contributed by atoms with Crippen LogP contribution in [0, 0.1) is 0 Å². The van der Waals surface area contributed by atoms with Crippen LogP contribution in [0.25, 0.3) is 0 Å². The van der Waals surface area contributed by atoms with Crippen molar-refractivity contribution in [3.05, 3.63) is 85.1 Å². The number of aliphatic hydroxyl groups is 3. The van der Waals surface area contributed by atoms with E-state index in [0.29, 0.717) is 13.0 Å². The van der Waals surface area contributed by atoms with Crippen LogP contribution in [-0.2, 0) is 38.3 Å². The zero-order valence-electron chi connectivity index (χ0n) is 45.0. The van der Waals surface area contributed by atoms with E-state index in [4.69, 9.17) is 18.9 Å². The Kier molecular flexibility index (Phi) is 46.0. The number of rotatable bonds is 49. The molecular formula is C59H102O12S. The standard InChI is InChI=1S/C59H102O12S/c1-3-5-7-9-11-13-15-17-19-21-23-25-26-27-28-29-30-32-34-36-38-40-42-44-46-48-55(61)69-53(52-68-59-57(63)58(71-72(64,65)66)56(62)54(50-60)70-59)51-67-49-47-45-43-41-39-37-35-33-31-24-22-20-18-16-14-12-10-8-6-4-2/h5,7,11,13,17-20,23,25,27-28,30,32,53-54,56-60,62-63H,3-4,6,8-10,12,14-16,21-22,24,26,29,31,33-52H2,1-2H3,(H,64,65,66)/b7-5-,13-11-,19-17-,20-18-,25-23-,28-27-,32-30-. The molecule has 0 amide bonds. The summed E-state index contributed by atoms with van der Waals surface area (Å²) in [5, 5.41) is 30.8. The van der Waals surface area contributed by atoms with Gasteiger partial charge in [-0.25, -0.2) is 4.18 Å². The smallest absolute Gasteiger partial charge is 0.397 e. The predicted octanol–water partition coefficient (Wildman–Crippen LogP) is 14.0. The summed E-state index contributed by atoms with van der Waals surface area (Å²) < 4.78 is 59.4. The fourth-order valence-corrected chi connectivity index (χ4v) is 8.77. The Balaban J connectivity index is 2.34. The molecule has 1 aliphatic rings. The Labute approximate surface area is 438 Å². The molecule has 0 aliphatic carbocycles. The van der Waals surface area contributed by atoms with Gasteiger partial charge in [-0.05, 0) is 89.9 Å². The first kappa shape index (κ1) is 67.3. The van der Waals surface area contributed by atoms with Crippen LogP contribution in [0.2, 0.25) is 0 Å². The first-order valence-corrected chi connectivity index (χ1v) is 29.7. The molecular weight excluding hydrogens is 933 g/mol. The van der Waals surface area contributed by atoms with Gasteiger partial charge in [0.05, 0.1) is 19.8 Å². The van der Waals surface area contributed by atoms with Crippen LogP contribution >= 0.6 is 0 Å². The van der Waals surface area contributed by atoms with Gasteiger partial charge in [-0.1, -0.05) is 208 Å². The van der Waals surface area contributed by atoms with Crippen molar-refractivity contribution < 1.29 is 56.2 Å². The third-order valence-corrected chi connectivity index (χ3v) is 13.0. The van der Waals surface area contributed by atoms with Crippen molar-refractivity contribution in [3.63, 3.8) is 0 Å². The molecule has 0 radical (unpaired) electrons. The summed E-state index contributed by atoms with van der Waals surface area (Å²) in [5.41, 5.74) is 0. The highest BCUT2D eigenvalue weighted by molar-refractivity contribution is 7.80. The quantitative estimate of drug-likeness (QED) is 0.0196. The molecule has 6 unspecified atom stereocenters. The highest BCUT2D eigenvalue weighted by Crippen LogP contribution is 2.26. The third kappa shape index (κ3) is 41.6. The summed E-state index contributed by atoms with van der Waals surface area (Å²) in [6.45, 7) is 3.87. The van der Waals surface area contributed by atoms with E-state index < -0.39 is 59.8 Å². The van der Waals surface area contributed by atoms with E-state index in [1.165, 1.54) is 96.3 Å². The number of hydrogen-bond donors (Lipinski definition) is 4. The van der Waals surface area contributed by atoms with Crippen molar-refractivity contribution in [2.75, 3.05) is 26.4 Å². The van der Waals surface area contributed by atoms with Crippen LogP contribution in [0.1, 0.15) is 219 Å². The van der Waals surface area contributed by atoms with E-state index in [1.54, 1.807) is 0 Å². The van der Waals surface area contributed by atoms with Gasteiger partial charge in [-0.3, -0.25) is 9.35 Å². The molecule has 0 spiro atoms. The van der Waals surface area contributed by atoms with Crippen molar-refractivity contribution in [2.45, 2.75) is 256 Å². The van der Waals surface area contributed by atoms with Crippen LogP contribution < -0.4 is 0 Å². The fourth-order valence-electron chi connectivity index (χ4n) is 8.26. The number of aliphatic hydroxyl groups excluding tert-OH is 3. The van der Waals surface area contributed by atoms with Gasteiger partial charge in [-0.2, -0.15) is 8.42 Å². The van der Waals surface area contributed by atoms with Crippen LogP contribution in [0.5, 0.6) is 0 Å². The van der Waals surface area contributed by atoms with Crippen LogP contribution in [0.4, 0.5) is 0 Å².